The van der Waals surface area contributed by atoms with Gasteiger partial charge in [0.2, 0.25) is 0 Å². The van der Waals surface area contributed by atoms with E-state index in [2.05, 4.69) is 60.7 Å². The van der Waals surface area contributed by atoms with E-state index in [4.69, 9.17) is 23.8 Å². The molecule has 0 bridgehead atoms. The molecule has 3 aromatic heterocycles. The Morgan fingerprint density at radius 1 is 0.346 bits per heavy atom. The van der Waals surface area contributed by atoms with Gasteiger partial charge < -0.3 is 8.83 Å². The Kier molecular flexibility index (Phi) is 6.76. The maximum absolute atomic E-state index is 9.66. The maximum Gasteiger partial charge on any atom is 0.164 e. The van der Waals surface area contributed by atoms with Gasteiger partial charge in [-0.3, -0.25) is 0 Å². The van der Waals surface area contributed by atoms with Gasteiger partial charge in [-0.25, -0.2) is 15.0 Å². The predicted molar refractivity (Wildman–Crippen MR) is 206 cm³/mol. The van der Waals surface area contributed by atoms with Crippen LogP contribution in [0.4, 0.5) is 0 Å². The molecule has 7 aromatic carbocycles. The van der Waals surface area contributed by atoms with Gasteiger partial charge in [-0.1, -0.05) is 91.0 Å². The molecule has 52 heavy (non-hydrogen) atoms. The van der Waals surface area contributed by atoms with Gasteiger partial charge in [-0.05, 0) is 89.0 Å². The maximum atomic E-state index is 9.66. The zero-order valence-electron chi connectivity index (χ0n) is 27.6. The average Bonchev–Trinajstić information content (AvgIpc) is 3.78. The summed E-state index contributed by atoms with van der Waals surface area (Å²) in [5.74, 6) is 1.57. The first-order valence-corrected chi connectivity index (χ1v) is 17.0. The van der Waals surface area contributed by atoms with Crippen molar-refractivity contribution < 1.29 is 8.83 Å². The van der Waals surface area contributed by atoms with Crippen LogP contribution in [0, 0.1) is 11.3 Å². The highest BCUT2D eigenvalue weighted by Crippen LogP contribution is 2.38. The molecule has 242 valence electrons. The van der Waals surface area contributed by atoms with Gasteiger partial charge in [0.05, 0.1) is 11.6 Å². The van der Waals surface area contributed by atoms with E-state index in [1.165, 1.54) is 0 Å². The molecule has 0 N–H and O–H groups in total. The van der Waals surface area contributed by atoms with Crippen LogP contribution in [0.1, 0.15) is 5.56 Å². The first-order chi connectivity index (χ1) is 25.7. The first kappa shape index (κ1) is 29.5. The van der Waals surface area contributed by atoms with Gasteiger partial charge in [-0.15, -0.1) is 0 Å². The summed E-state index contributed by atoms with van der Waals surface area (Å²) in [6.45, 7) is 0. The van der Waals surface area contributed by atoms with Crippen LogP contribution in [0.2, 0.25) is 0 Å². The van der Waals surface area contributed by atoms with E-state index in [-0.39, 0.29) is 0 Å². The molecular weight excluding hydrogens is 641 g/mol. The minimum Gasteiger partial charge on any atom is -0.456 e. The standard InChI is InChI=1S/C46H26N4O2/c47-27-28-9-8-12-32(21-28)45-48-44(29-10-2-1-3-11-29)49-46(50-45)35-23-33(30-17-19-42-38(25-30)36-13-4-6-15-40(36)51-42)22-34(24-35)31-18-20-43-39(26-31)37-14-5-7-16-41(37)52-43/h1-26H. The van der Waals surface area contributed by atoms with E-state index in [1.807, 2.05) is 97.1 Å². The second-order valence-corrected chi connectivity index (χ2v) is 12.8. The number of nitriles is 1. The van der Waals surface area contributed by atoms with Crippen molar-refractivity contribution in [2.75, 3.05) is 0 Å². The molecule has 0 saturated heterocycles. The number of furan rings is 2. The lowest BCUT2D eigenvalue weighted by Crippen LogP contribution is -2.00. The van der Waals surface area contributed by atoms with Crippen molar-refractivity contribution >= 4 is 43.9 Å². The predicted octanol–water partition coefficient (Wildman–Crippen LogP) is 11.9. The molecule has 6 heteroatoms. The molecule has 0 saturated carbocycles. The number of rotatable bonds is 5. The van der Waals surface area contributed by atoms with Crippen molar-refractivity contribution in [1.82, 2.24) is 15.0 Å². The van der Waals surface area contributed by atoms with Crippen LogP contribution in [0.15, 0.2) is 167 Å². The number of hydrogen-bond donors (Lipinski definition) is 0. The van der Waals surface area contributed by atoms with E-state index < -0.39 is 0 Å². The van der Waals surface area contributed by atoms with Crippen molar-refractivity contribution in [2.45, 2.75) is 0 Å². The topological polar surface area (TPSA) is 88.7 Å². The number of aromatic nitrogens is 3. The smallest absolute Gasteiger partial charge is 0.164 e. The highest BCUT2D eigenvalue weighted by Gasteiger charge is 2.17. The van der Waals surface area contributed by atoms with Crippen LogP contribution in [0.3, 0.4) is 0 Å². The minimum atomic E-state index is 0.491. The summed E-state index contributed by atoms with van der Waals surface area (Å²) in [5, 5.41) is 13.9. The van der Waals surface area contributed by atoms with Crippen LogP contribution in [0.25, 0.3) is 100 Å². The number of benzene rings is 7. The summed E-state index contributed by atoms with van der Waals surface area (Å²) in [6.07, 6.45) is 0. The number of nitrogens with zero attached hydrogens (tertiary/aromatic N) is 4. The van der Waals surface area contributed by atoms with Gasteiger partial charge in [0, 0.05) is 38.2 Å². The third-order valence-electron chi connectivity index (χ3n) is 9.53. The summed E-state index contributed by atoms with van der Waals surface area (Å²) in [6, 6.07) is 54.9. The average molecular weight is 667 g/mol. The van der Waals surface area contributed by atoms with Crippen LogP contribution in [0.5, 0.6) is 0 Å². The van der Waals surface area contributed by atoms with E-state index in [1.54, 1.807) is 6.07 Å². The molecule has 0 aliphatic carbocycles. The fourth-order valence-electron chi connectivity index (χ4n) is 6.98. The molecule has 0 aliphatic rings. The van der Waals surface area contributed by atoms with E-state index >= 15 is 0 Å². The molecule has 0 amide bonds. The number of para-hydroxylation sites is 2. The summed E-state index contributed by atoms with van der Waals surface area (Å²) in [7, 11) is 0. The highest BCUT2D eigenvalue weighted by molar-refractivity contribution is 6.07. The van der Waals surface area contributed by atoms with Crippen LogP contribution >= 0.6 is 0 Å². The molecule has 0 spiro atoms. The lowest BCUT2D eigenvalue weighted by Gasteiger charge is -2.13. The van der Waals surface area contributed by atoms with Crippen molar-refractivity contribution in [3.05, 3.63) is 163 Å². The fourth-order valence-corrected chi connectivity index (χ4v) is 6.98. The van der Waals surface area contributed by atoms with Gasteiger partial charge in [0.25, 0.3) is 0 Å². The molecule has 0 aliphatic heterocycles. The first-order valence-electron chi connectivity index (χ1n) is 17.0. The van der Waals surface area contributed by atoms with Gasteiger partial charge in [-0.2, -0.15) is 5.26 Å². The summed E-state index contributed by atoms with van der Waals surface area (Å²) in [4.78, 5) is 15.0. The van der Waals surface area contributed by atoms with E-state index in [0.717, 1.165) is 82.8 Å². The molecule has 0 atom stereocenters. The molecule has 10 rings (SSSR count). The van der Waals surface area contributed by atoms with Crippen molar-refractivity contribution in [3.63, 3.8) is 0 Å². The Labute approximate surface area is 297 Å². The van der Waals surface area contributed by atoms with Crippen molar-refractivity contribution in [3.8, 4) is 62.5 Å². The lowest BCUT2D eigenvalue weighted by molar-refractivity contribution is 0.668. The summed E-state index contributed by atoms with van der Waals surface area (Å²) < 4.78 is 12.3. The zero-order valence-corrected chi connectivity index (χ0v) is 27.6. The largest absolute Gasteiger partial charge is 0.456 e. The van der Waals surface area contributed by atoms with E-state index in [0.29, 0.717) is 23.0 Å². The molecule has 0 unspecified atom stereocenters. The number of fused-ring (bicyclic) bond motifs is 6. The third kappa shape index (κ3) is 5.08. The van der Waals surface area contributed by atoms with Crippen molar-refractivity contribution in [2.24, 2.45) is 0 Å². The van der Waals surface area contributed by atoms with E-state index in [9.17, 15) is 5.26 Å². The van der Waals surface area contributed by atoms with Gasteiger partial charge in [0.15, 0.2) is 17.5 Å². The molecule has 0 radical (unpaired) electrons. The zero-order chi connectivity index (χ0) is 34.6. The summed E-state index contributed by atoms with van der Waals surface area (Å²) >= 11 is 0. The lowest BCUT2D eigenvalue weighted by atomic mass is 9.94. The second kappa shape index (κ2) is 11.9. The fraction of sp³-hybridized carbons (Fsp3) is 0. The minimum absolute atomic E-state index is 0.491. The molecule has 0 fully saturated rings. The summed E-state index contributed by atoms with van der Waals surface area (Å²) in [5.41, 5.74) is 10.5. The third-order valence-corrected chi connectivity index (χ3v) is 9.53. The van der Waals surface area contributed by atoms with Crippen LogP contribution in [-0.4, -0.2) is 15.0 Å². The van der Waals surface area contributed by atoms with Gasteiger partial charge >= 0.3 is 0 Å². The van der Waals surface area contributed by atoms with Crippen LogP contribution in [-0.2, 0) is 0 Å². The van der Waals surface area contributed by atoms with Crippen LogP contribution < -0.4 is 0 Å². The Morgan fingerprint density at radius 3 is 1.42 bits per heavy atom. The quantitative estimate of drug-likeness (QED) is 0.182. The van der Waals surface area contributed by atoms with Gasteiger partial charge in [0.1, 0.15) is 22.3 Å². The molecule has 6 nitrogen and oxygen atoms in total. The Bertz CT molecular complexity index is 2910. The monoisotopic (exact) mass is 666 g/mol. The Hall–Kier alpha value is -7.36. The second-order valence-electron chi connectivity index (χ2n) is 12.8. The molecular formula is C46H26N4O2. The number of hydrogen-bond acceptors (Lipinski definition) is 6. The van der Waals surface area contributed by atoms with Crippen molar-refractivity contribution in [1.29, 1.82) is 5.26 Å². The Balaban J connectivity index is 1.22. The molecule has 3 heterocycles. The normalized spacial score (nSPS) is 11.4. The molecule has 10 aromatic rings. The Morgan fingerprint density at radius 2 is 0.827 bits per heavy atom. The SMILES string of the molecule is N#Cc1cccc(-c2nc(-c3ccccc3)nc(-c3cc(-c4ccc5oc6ccccc6c5c4)cc(-c4ccc5oc6ccccc6c5c4)c3)n2)c1. The highest BCUT2D eigenvalue weighted by atomic mass is 16.3.